The second-order valence-corrected chi connectivity index (χ2v) is 8.73. The lowest BCUT2D eigenvalue weighted by atomic mass is 9.82. The number of nitrogens with one attached hydrogen (secondary N) is 2. The summed E-state index contributed by atoms with van der Waals surface area (Å²) in [5, 5.41) is 3.96. The first kappa shape index (κ1) is 18.4. The van der Waals surface area contributed by atoms with Gasteiger partial charge in [0.25, 0.3) is 5.91 Å². The average molecular weight is 397 g/mol. The van der Waals surface area contributed by atoms with Crippen LogP contribution in [0.1, 0.15) is 60.4 Å². The normalized spacial score (nSPS) is 34.3. The maximum Gasteiger partial charge on any atom is 0.255 e. The smallest absolute Gasteiger partial charge is 0.255 e. The molecule has 1 aromatic rings. The van der Waals surface area contributed by atoms with Gasteiger partial charge in [-0.3, -0.25) is 4.79 Å². The topological polar surface area (TPSA) is 42.8 Å². The van der Waals surface area contributed by atoms with Crippen molar-refractivity contribution < 1.29 is 26.8 Å². The SMILES string of the molecule is O=C(N[C@@H]1C[NH+]2CCC1CC2)c1cc(Cl)cc2c1O[C@H]1CCCC[C@@H]21.[Cl-]. The van der Waals surface area contributed by atoms with E-state index in [1.165, 1.54) is 38.8 Å². The van der Waals surface area contributed by atoms with Crippen molar-refractivity contribution >= 4 is 17.5 Å². The zero-order chi connectivity index (χ0) is 17.0. The molecule has 26 heavy (non-hydrogen) atoms. The van der Waals surface area contributed by atoms with Crippen LogP contribution in [0, 0.1) is 5.92 Å². The van der Waals surface area contributed by atoms with Gasteiger partial charge in [-0.05, 0) is 37.3 Å². The quantitative estimate of drug-likeness (QED) is 0.685. The average Bonchev–Trinajstić information content (AvgIpc) is 3.00. The van der Waals surface area contributed by atoms with Crippen molar-refractivity contribution in [2.75, 3.05) is 19.6 Å². The number of quaternary nitrogens is 1. The number of halogens is 2. The van der Waals surface area contributed by atoms with Crippen LogP contribution in [0.4, 0.5) is 0 Å². The summed E-state index contributed by atoms with van der Waals surface area (Å²) >= 11 is 6.37. The van der Waals surface area contributed by atoms with Gasteiger partial charge < -0.3 is 27.4 Å². The molecule has 4 nitrogen and oxygen atoms in total. The predicted molar refractivity (Wildman–Crippen MR) is 96.6 cm³/mol. The monoisotopic (exact) mass is 396 g/mol. The highest BCUT2D eigenvalue weighted by Crippen LogP contribution is 2.48. The third kappa shape index (κ3) is 3.10. The molecule has 0 radical (unpaired) electrons. The first-order chi connectivity index (χ1) is 12.2. The van der Waals surface area contributed by atoms with Crippen LogP contribution in [0.3, 0.4) is 0 Å². The lowest BCUT2D eigenvalue weighted by Gasteiger charge is -2.42. The fourth-order valence-electron chi connectivity index (χ4n) is 5.48. The number of hydrogen-bond acceptors (Lipinski definition) is 2. The Morgan fingerprint density at radius 3 is 2.65 bits per heavy atom. The van der Waals surface area contributed by atoms with Gasteiger partial charge >= 0.3 is 0 Å². The number of fused-ring (bicyclic) bond motifs is 6. The Kier molecular flexibility index (Phi) is 5.10. The highest BCUT2D eigenvalue weighted by Gasteiger charge is 2.41. The summed E-state index contributed by atoms with van der Waals surface area (Å²) in [7, 11) is 0. The van der Waals surface area contributed by atoms with E-state index in [1.807, 2.05) is 6.07 Å². The molecule has 4 aliphatic heterocycles. The lowest BCUT2D eigenvalue weighted by molar-refractivity contribution is -0.917. The molecule has 2 bridgehead atoms. The minimum atomic E-state index is -0.00412. The van der Waals surface area contributed by atoms with E-state index in [0.29, 0.717) is 28.5 Å². The summed E-state index contributed by atoms with van der Waals surface area (Å²) in [5.41, 5.74) is 1.80. The Morgan fingerprint density at radius 2 is 1.92 bits per heavy atom. The van der Waals surface area contributed by atoms with Crippen molar-refractivity contribution in [3.8, 4) is 5.75 Å². The van der Waals surface area contributed by atoms with Crippen molar-refractivity contribution in [2.24, 2.45) is 5.92 Å². The third-order valence-electron chi connectivity index (χ3n) is 6.83. The van der Waals surface area contributed by atoms with E-state index in [2.05, 4.69) is 5.32 Å². The second-order valence-electron chi connectivity index (χ2n) is 8.29. The number of piperidine rings is 3. The molecule has 1 amide bonds. The van der Waals surface area contributed by atoms with E-state index in [9.17, 15) is 4.79 Å². The zero-order valence-corrected chi connectivity index (χ0v) is 16.4. The van der Waals surface area contributed by atoms with Crippen LogP contribution in [-0.4, -0.2) is 37.7 Å². The minimum absolute atomic E-state index is 0. The Morgan fingerprint density at radius 1 is 1.15 bits per heavy atom. The van der Waals surface area contributed by atoms with E-state index in [1.54, 1.807) is 11.0 Å². The molecule has 1 aromatic carbocycles. The molecule has 6 heteroatoms. The summed E-state index contributed by atoms with van der Waals surface area (Å²) in [6.45, 7) is 3.58. The minimum Gasteiger partial charge on any atom is -1.00 e. The molecule has 4 heterocycles. The van der Waals surface area contributed by atoms with E-state index in [0.717, 1.165) is 30.7 Å². The molecular weight excluding hydrogens is 371 g/mol. The molecule has 0 spiro atoms. The number of carbonyl (C=O) groups is 1. The lowest BCUT2D eigenvalue weighted by Crippen LogP contribution is -3.17. The maximum absolute atomic E-state index is 13.0. The van der Waals surface area contributed by atoms with Gasteiger partial charge in [0, 0.05) is 29.3 Å². The molecule has 0 unspecified atom stereocenters. The molecule has 4 fully saturated rings. The molecule has 142 valence electrons. The number of ether oxygens (including phenoxy) is 1. The van der Waals surface area contributed by atoms with Gasteiger partial charge in [0.05, 0.1) is 31.2 Å². The molecule has 5 aliphatic rings. The summed E-state index contributed by atoms with van der Waals surface area (Å²) in [6, 6.07) is 4.10. The van der Waals surface area contributed by atoms with Gasteiger partial charge in [-0.25, -0.2) is 0 Å². The van der Waals surface area contributed by atoms with E-state index >= 15 is 0 Å². The zero-order valence-electron chi connectivity index (χ0n) is 14.9. The Balaban J connectivity index is 0.00000168. The van der Waals surface area contributed by atoms with Gasteiger partial charge in [0.1, 0.15) is 11.9 Å². The summed E-state index contributed by atoms with van der Waals surface area (Å²) in [4.78, 5) is 14.7. The molecule has 6 rings (SSSR count). The van der Waals surface area contributed by atoms with Crippen LogP contribution < -0.4 is 27.4 Å². The van der Waals surface area contributed by atoms with Crippen molar-refractivity contribution in [1.82, 2.24) is 5.32 Å². The maximum atomic E-state index is 13.0. The molecule has 3 saturated heterocycles. The van der Waals surface area contributed by atoms with Crippen LogP contribution in [0.5, 0.6) is 5.75 Å². The highest BCUT2D eigenvalue weighted by atomic mass is 35.5. The van der Waals surface area contributed by atoms with Crippen LogP contribution in [-0.2, 0) is 0 Å². The van der Waals surface area contributed by atoms with Crippen molar-refractivity contribution in [2.45, 2.75) is 56.6 Å². The van der Waals surface area contributed by atoms with E-state index in [-0.39, 0.29) is 24.4 Å². The fraction of sp³-hybridized carbons (Fsp3) is 0.650. The molecule has 3 atom stereocenters. The fourth-order valence-corrected chi connectivity index (χ4v) is 5.71. The number of rotatable bonds is 2. The molecule has 2 N–H and O–H groups in total. The summed E-state index contributed by atoms with van der Waals surface area (Å²) in [5.74, 6) is 1.84. The predicted octanol–water partition coefficient (Wildman–Crippen LogP) is -0.830. The molecule has 0 aromatic heterocycles. The van der Waals surface area contributed by atoms with Crippen molar-refractivity contribution in [3.05, 3.63) is 28.3 Å². The van der Waals surface area contributed by atoms with Crippen LogP contribution in [0.15, 0.2) is 12.1 Å². The number of hydrogen-bond donors (Lipinski definition) is 2. The Hall–Kier alpha value is -0.970. The number of carbonyl (C=O) groups excluding carboxylic acids is 1. The van der Waals surface area contributed by atoms with Crippen molar-refractivity contribution in [1.29, 1.82) is 0 Å². The third-order valence-corrected chi connectivity index (χ3v) is 7.05. The van der Waals surface area contributed by atoms with E-state index in [4.69, 9.17) is 16.3 Å². The van der Waals surface area contributed by atoms with E-state index < -0.39 is 0 Å². The second kappa shape index (κ2) is 7.21. The first-order valence-corrected chi connectivity index (χ1v) is 10.2. The van der Waals surface area contributed by atoms with Gasteiger partial charge in [-0.15, -0.1) is 0 Å². The molecule has 1 saturated carbocycles. The van der Waals surface area contributed by atoms with Gasteiger partial charge in [-0.2, -0.15) is 0 Å². The highest BCUT2D eigenvalue weighted by molar-refractivity contribution is 6.31. The van der Waals surface area contributed by atoms with Gasteiger partial charge in [-0.1, -0.05) is 18.0 Å². The van der Waals surface area contributed by atoms with Crippen LogP contribution >= 0.6 is 11.6 Å². The van der Waals surface area contributed by atoms with Crippen LogP contribution in [0.25, 0.3) is 0 Å². The van der Waals surface area contributed by atoms with Crippen LogP contribution in [0.2, 0.25) is 5.02 Å². The largest absolute Gasteiger partial charge is 1.00 e. The number of amides is 1. The molecular formula is C20H26Cl2N2O2. The van der Waals surface area contributed by atoms with Gasteiger partial charge in [0.2, 0.25) is 0 Å². The standard InChI is InChI=1S/C20H25ClN2O2.ClH/c21-13-9-15-14-3-1-2-4-18(14)25-19(15)16(10-13)20(24)22-17-11-23-7-5-12(17)6-8-23;/h9-10,12,14,17-18H,1-8,11H2,(H,22,24);1H/t14-,17+,18-;/m0./s1. The molecule has 1 aliphatic carbocycles. The summed E-state index contributed by atoms with van der Waals surface area (Å²) < 4.78 is 6.24. The van der Waals surface area contributed by atoms with Crippen molar-refractivity contribution in [3.63, 3.8) is 0 Å². The van der Waals surface area contributed by atoms with Gasteiger partial charge in [0.15, 0.2) is 0 Å². The first-order valence-electron chi connectivity index (χ1n) is 9.83. The Bertz CT molecular complexity index is 703. The Labute approximate surface area is 166 Å². The number of benzene rings is 1. The summed E-state index contributed by atoms with van der Waals surface area (Å²) in [6.07, 6.45) is 7.37.